The summed E-state index contributed by atoms with van der Waals surface area (Å²) >= 11 is 0. The number of nitrogens with zero attached hydrogens (tertiary/aromatic N) is 4. The number of amides is 6. The van der Waals surface area contributed by atoms with Gasteiger partial charge in [-0.05, 0) is 102 Å². The summed E-state index contributed by atoms with van der Waals surface area (Å²) in [6.45, 7) is 9.13. The van der Waals surface area contributed by atoms with E-state index >= 15 is 0 Å². The highest BCUT2D eigenvalue weighted by molar-refractivity contribution is 6.03. The molecule has 3 heterocycles. The Bertz CT molecular complexity index is 2720. The number of nitrogens with one attached hydrogen (secondary N) is 6. The third kappa shape index (κ3) is 14.5. The van der Waals surface area contributed by atoms with Gasteiger partial charge in [-0.15, -0.1) is 10.2 Å². The lowest BCUT2D eigenvalue weighted by Crippen LogP contribution is -3.00. The van der Waals surface area contributed by atoms with Crippen LogP contribution < -0.4 is 66.7 Å². The quantitative estimate of drug-likeness (QED) is 0.0193. The van der Waals surface area contributed by atoms with Crippen molar-refractivity contribution in [3.63, 3.8) is 0 Å². The molecule has 18 nitrogen and oxygen atoms in total. The summed E-state index contributed by atoms with van der Waals surface area (Å²) in [4.78, 5) is 79.4. The molecule has 0 fully saturated rings. The number of hydrogen-bond donors (Lipinski definition) is 8. The number of nitrogens with two attached hydrogens (primary N) is 1. The SMILES string of the molecule is C[N+]1=C(/C=C/C=C2/N(CCCCC(=O)NCCCC[C@H](NC(=O)c3ccc(C4(C(F)(F)F)N=N4)cc3)C(=O)NCC(=O)NCC(=O)N[C@@H](CCCCN)C(=O)NO)c3ccccc3C2(C)C)C(C)(C)c2ccccc21.[I-]. The van der Waals surface area contributed by atoms with E-state index in [1.165, 1.54) is 33.7 Å². The van der Waals surface area contributed by atoms with E-state index in [1.807, 2.05) is 6.07 Å². The Hall–Kier alpha value is -6.53. The van der Waals surface area contributed by atoms with Crippen molar-refractivity contribution in [2.24, 2.45) is 16.0 Å². The van der Waals surface area contributed by atoms with Crippen molar-refractivity contribution in [1.82, 2.24) is 32.1 Å². The molecule has 0 aliphatic carbocycles. The number of halogens is 4. The van der Waals surface area contributed by atoms with E-state index in [-0.39, 0.29) is 71.2 Å². The highest BCUT2D eigenvalue weighted by atomic mass is 127. The van der Waals surface area contributed by atoms with E-state index in [1.54, 1.807) is 0 Å². The van der Waals surface area contributed by atoms with Crippen molar-refractivity contribution < 1.29 is 75.7 Å². The summed E-state index contributed by atoms with van der Waals surface area (Å²) in [5.41, 5.74) is 10.8. The Morgan fingerprint density at radius 3 is 2.01 bits per heavy atom. The fourth-order valence-corrected chi connectivity index (χ4v) is 9.68. The fraction of sp³-hybridized carbons (Fsp3) is 0.463. The summed E-state index contributed by atoms with van der Waals surface area (Å²) in [5, 5.41) is 28.1. The van der Waals surface area contributed by atoms with E-state index in [0.29, 0.717) is 51.6 Å². The molecule has 2 atom stereocenters. The number of carbonyl (C=O) groups excluding carboxylic acids is 6. The molecule has 6 rings (SSSR count). The summed E-state index contributed by atoms with van der Waals surface area (Å²) in [6, 6.07) is 19.0. The standard InChI is InChI=1S/C54H68F3N11O7.HI/c1-51(2)37-17-6-8-21-41(37)67(5)43(51)23-16-24-44-52(3,4)38-18-7-9-22-42(38)68(44)32-15-12-25-45(69)59-31-14-11-20-39(63-48(72)35-26-28-36(29-27-35)53(65-66-53)54(55,56)57)49(73)61-33-46(70)60-34-47(71)62-40(50(74)64-75)19-10-13-30-58;/h6-9,16-18,21-24,26-29,39-40H,10-15,19-20,25,30-34,58H2,1-5H3,(H6-,59,60,61,62,63,64,65,66,69,70,71,72,73,74,75);1H/t39-,40-;/m0./s1. The minimum Gasteiger partial charge on any atom is -1.00 e. The summed E-state index contributed by atoms with van der Waals surface area (Å²) < 4.78 is 43.0. The van der Waals surface area contributed by atoms with Gasteiger partial charge in [-0.25, -0.2) is 5.48 Å². The zero-order valence-corrected chi connectivity index (χ0v) is 45.6. The molecule has 9 N–H and O–H groups in total. The van der Waals surface area contributed by atoms with Crippen molar-refractivity contribution >= 4 is 52.5 Å². The molecule has 0 aromatic heterocycles. The minimum atomic E-state index is -4.77. The number of para-hydroxylation sites is 2. The smallest absolute Gasteiger partial charge is 0.442 e. The molecule has 76 heavy (non-hydrogen) atoms. The first-order valence-corrected chi connectivity index (χ1v) is 25.3. The van der Waals surface area contributed by atoms with E-state index in [4.69, 9.17) is 10.9 Å². The second kappa shape index (κ2) is 26.5. The van der Waals surface area contributed by atoms with Gasteiger partial charge in [0.1, 0.15) is 19.1 Å². The molecule has 410 valence electrons. The Balaban J connectivity index is 0.0000107. The van der Waals surface area contributed by atoms with Gasteiger partial charge in [0.2, 0.25) is 29.3 Å². The number of fused-ring (bicyclic) bond motifs is 2. The van der Waals surface area contributed by atoms with Crippen molar-refractivity contribution in [2.75, 3.05) is 44.7 Å². The molecule has 0 unspecified atom stereocenters. The van der Waals surface area contributed by atoms with Crippen molar-refractivity contribution in [2.45, 2.75) is 120 Å². The Labute approximate surface area is 458 Å². The number of alkyl halides is 3. The predicted molar refractivity (Wildman–Crippen MR) is 276 cm³/mol. The van der Waals surface area contributed by atoms with Gasteiger partial charge in [-0.1, -0.05) is 68.5 Å². The van der Waals surface area contributed by atoms with Crippen molar-refractivity contribution in [3.8, 4) is 0 Å². The number of benzene rings is 3. The number of rotatable bonds is 26. The normalized spacial score (nSPS) is 16.8. The van der Waals surface area contributed by atoms with Crippen LogP contribution in [0.15, 0.2) is 107 Å². The molecule has 3 aromatic rings. The van der Waals surface area contributed by atoms with Gasteiger partial charge in [0.15, 0.2) is 5.71 Å². The zero-order chi connectivity index (χ0) is 54.6. The zero-order valence-electron chi connectivity index (χ0n) is 43.5. The summed E-state index contributed by atoms with van der Waals surface area (Å²) in [5.74, 6) is -4.04. The van der Waals surface area contributed by atoms with Gasteiger partial charge in [0, 0.05) is 65.1 Å². The average Bonchev–Trinajstić information content (AvgIpc) is 4.16. The van der Waals surface area contributed by atoms with Crippen molar-refractivity contribution in [1.29, 1.82) is 0 Å². The van der Waals surface area contributed by atoms with Gasteiger partial charge in [0.05, 0.1) is 18.5 Å². The van der Waals surface area contributed by atoms with Crippen LogP contribution in [0.4, 0.5) is 24.5 Å². The van der Waals surface area contributed by atoms with E-state index in [0.717, 1.165) is 36.4 Å². The van der Waals surface area contributed by atoms with Crippen LogP contribution in [0, 0.1) is 0 Å². The Kier molecular flexibility index (Phi) is 21.0. The van der Waals surface area contributed by atoms with Gasteiger partial charge >= 0.3 is 11.8 Å². The molecular weight excluding hydrogens is 1100 g/mol. The maximum atomic E-state index is 13.6. The lowest BCUT2D eigenvalue weighted by molar-refractivity contribution is -0.401. The van der Waals surface area contributed by atoms with E-state index in [9.17, 15) is 41.9 Å². The average molecular weight is 1170 g/mol. The van der Waals surface area contributed by atoms with Crippen molar-refractivity contribution in [3.05, 3.63) is 119 Å². The van der Waals surface area contributed by atoms with E-state index in [2.05, 4.69) is 142 Å². The van der Waals surface area contributed by atoms with E-state index < -0.39 is 66.5 Å². The monoisotopic (exact) mass is 1170 g/mol. The second-order valence-electron chi connectivity index (χ2n) is 19.9. The maximum Gasteiger partial charge on any atom is 0.442 e. The topological polar surface area (TPSA) is 252 Å². The summed E-state index contributed by atoms with van der Waals surface area (Å²) in [7, 11) is 2.10. The molecule has 3 aliphatic heterocycles. The molecule has 6 amide bonds. The first kappa shape index (κ1) is 60.3. The highest BCUT2D eigenvalue weighted by Crippen LogP contribution is 2.52. The third-order valence-electron chi connectivity index (χ3n) is 14.0. The molecule has 0 radical (unpaired) electrons. The van der Waals surface area contributed by atoms with Crippen LogP contribution in [-0.2, 0) is 40.5 Å². The minimum absolute atomic E-state index is 0. The number of carbonyl (C=O) groups is 6. The number of unbranched alkanes of at least 4 members (excludes halogenated alkanes) is 3. The fourth-order valence-electron chi connectivity index (χ4n) is 9.68. The van der Waals surface area contributed by atoms with Gasteiger partial charge in [-0.2, -0.15) is 17.7 Å². The van der Waals surface area contributed by atoms with Crippen LogP contribution in [-0.4, -0.2) is 109 Å². The second-order valence-corrected chi connectivity index (χ2v) is 19.9. The Morgan fingerprint density at radius 1 is 0.737 bits per heavy atom. The first-order chi connectivity index (χ1) is 35.7. The highest BCUT2D eigenvalue weighted by Gasteiger charge is 2.65. The Morgan fingerprint density at radius 2 is 1.37 bits per heavy atom. The molecule has 3 aliphatic rings. The molecule has 22 heteroatoms. The number of allylic oxidation sites excluding steroid dienone is 4. The van der Waals surface area contributed by atoms with Crippen LogP contribution >= 0.6 is 0 Å². The van der Waals surface area contributed by atoms with Crippen LogP contribution in [0.2, 0.25) is 0 Å². The summed E-state index contributed by atoms with van der Waals surface area (Å²) in [6.07, 6.45) is 5.51. The van der Waals surface area contributed by atoms with Crippen LogP contribution in [0.3, 0.4) is 0 Å². The first-order valence-electron chi connectivity index (χ1n) is 25.3. The van der Waals surface area contributed by atoms with Crippen LogP contribution in [0.25, 0.3) is 0 Å². The molecule has 0 saturated heterocycles. The molecule has 0 saturated carbocycles. The predicted octanol–water partition coefficient (Wildman–Crippen LogP) is 2.72. The van der Waals surface area contributed by atoms with Gasteiger partial charge in [0.25, 0.3) is 11.8 Å². The number of hydrogen-bond acceptors (Lipinski definition) is 11. The number of hydroxylamine groups is 1. The third-order valence-corrected chi connectivity index (χ3v) is 14.0. The molecule has 0 spiro atoms. The lowest BCUT2D eigenvalue weighted by atomic mass is 9.81. The van der Waals surface area contributed by atoms with Crippen LogP contribution in [0.1, 0.15) is 113 Å². The number of anilines is 1. The lowest BCUT2D eigenvalue weighted by Gasteiger charge is -2.27. The van der Waals surface area contributed by atoms with Gasteiger partial charge < -0.3 is 61.2 Å². The van der Waals surface area contributed by atoms with Gasteiger partial charge in [-0.3, -0.25) is 34.0 Å². The van der Waals surface area contributed by atoms with Crippen LogP contribution in [0.5, 0.6) is 0 Å². The molecule has 0 bridgehead atoms. The molecule has 3 aromatic carbocycles. The molecular formula is C54H69F3IN11O7. The maximum absolute atomic E-state index is 13.6. The largest absolute Gasteiger partial charge is 1.00 e.